The van der Waals surface area contributed by atoms with E-state index in [9.17, 15) is 0 Å². The Morgan fingerprint density at radius 2 is 1.11 bits per heavy atom. The monoisotopic (exact) mass is 388 g/mol. The Morgan fingerprint density at radius 3 is 1.53 bits per heavy atom. The molecule has 0 unspecified atom stereocenters. The number of hydrogen-bond donors (Lipinski definition) is 0. The van der Waals surface area contributed by atoms with Gasteiger partial charge in [-0.15, -0.1) is 0 Å². The normalized spacial score (nSPS) is 10.5. The second-order valence-corrected chi connectivity index (χ2v) is 8.84. The predicted molar refractivity (Wildman–Crippen MR) is 86.3 cm³/mol. The second kappa shape index (κ2) is 9.36. The van der Waals surface area contributed by atoms with Gasteiger partial charge in [0.15, 0.2) is 0 Å². The Bertz CT molecular complexity index is 411. The van der Waals surface area contributed by atoms with Crippen LogP contribution in [0.25, 0.3) is 0 Å². The van der Waals surface area contributed by atoms with Gasteiger partial charge in [-0.25, -0.2) is 0 Å². The van der Waals surface area contributed by atoms with Crippen LogP contribution in [0.3, 0.4) is 0 Å². The third-order valence-electron chi connectivity index (χ3n) is 2.48. The molecule has 0 spiro atoms. The molecule has 0 radical (unpaired) electrons. The maximum atomic E-state index is 5.71. The van der Waals surface area contributed by atoms with Crippen molar-refractivity contribution in [2.45, 2.75) is 10.6 Å². The number of benzene rings is 2. The zero-order valence-electron chi connectivity index (χ0n) is 12.8. The molecule has 0 atom stereocenters. The van der Waals surface area contributed by atoms with E-state index in [4.69, 9.17) is 4.74 Å². The van der Waals surface area contributed by atoms with Gasteiger partial charge in [-0.05, 0) is 0 Å². The summed E-state index contributed by atoms with van der Waals surface area (Å²) < 4.78 is 8.64. The second-order valence-electron chi connectivity index (χ2n) is 3.94. The van der Waals surface area contributed by atoms with Crippen molar-refractivity contribution in [1.82, 2.24) is 0 Å². The van der Waals surface area contributed by atoms with Crippen LogP contribution in [0.15, 0.2) is 60.7 Å². The fourth-order valence-electron chi connectivity index (χ4n) is 1.57. The van der Waals surface area contributed by atoms with E-state index in [1.807, 2.05) is 0 Å². The molecule has 3 heteroatoms. The predicted octanol–water partition coefficient (Wildman–Crippen LogP) is 2.12. The number of ether oxygens (including phenoxy) is 1. The molecule has 2 rings (SSSR count). The van der Waals surface area contributed by atoms with Gasteiger partial charge in [-0.3, -0.25) is 0 Å². The molecule has 0 saturated carbocycles. The Kier molecular flexibility index (Phi) is 7.31. The van der Waals surface area contributed by atoms with Crippen LogP contribution in [0.4, 0.5) is 0 Å². The first-order valence-corrected chi connectivity index (χ1v) is 10.5. The molecule has 2 aromatic rings. The molecular formula is C16H20OSe2+2. The third kappa shape index (κ3) is 6.42. The Labute approximate surface area is 131 Å². The number of hydrogen-bond acceptors (Lipinski definition) is 1. The average molecular weight is 386 g/mol. The van der Waals surface area contributed by atoms with Crippen LogP contribution in [-0.2, 0) is 4.74 Å². The fraction of sp³-hybridized carbons (Fsp3) is 0.250. The van der Waals surface area contributed by atoms with Gasteiger partial charge in [0.1, 0.15) is 0 Å². The van der Waals surface area contributed by atoms with Crippen molar-refractivity contribution < 1.29 is 7.59 Å². The van der Waals surface area contributed by atoms with Gasteiger partial charge in [0.25, 0.3) is 0 Å². The van der Waals surface area contributed by atoms with Crippen molar-refractivity contribution in [3.63, 3.8) is 0 Å². The summed E-state index contributed by atoms with van der Waals surface area (Å²) >= 11 is 1.12. The summed E-state index contributed by atoms with van der Waals surface area (Å²) in [6.07, 6.45) is 0. The zero-order valence-corrected chi connectivity index (χ0v) is 14.3. The van der Waals surface area contributed by atoms with Crippen molar-refractivity contribution in [3.05, 3.63) is 60.7 Å². The minimum atomic E-state index is 0. The summed E-state index contributed by atoms with van der Waals surface area (Å²) in [6.45, 7) is 1.81. The molecule has 0 aliphatic rings. The molecule has 1 nitrogen and oxygen atoms in total. The summed E-state index contributed by atoms with van der Waals surface area (Å²) in [7, 11) is 0. The zero-order chi connectivity index (χ0) is 13.2. The first-order chi connectivity index (χ1) is 9.45. The number of rotatable bonds is 8. The molecule has 0 N–H and O–H groups in total. The molecule has 0 heterocycles. The van der Waals surface area contributed by atoms with Crippen LogP contribution in [0.5, 0.6) is 0 Å². The molecule has 0 saturated heterocycles. The SMILES string of the molecule is [H+].[H+].c1ccc([Se]CCOCC[Se]c2ccccc2)cc1. The quantitative estimate of drug-likeness (QED) is 0.499. The molecule has 100 valence electrons. The van der Waals surface area contributed by atoms with Crippen molar-refractivity contribution in [2.75, 3.05) is 13.2 Å². The van der Waals surface area contributed by atoms with Gasteiger partial charge in [0, 0.05) is 0 Å². The van der Waals surface area contributed by atoms with Crippen molar-refractivity contribution in [2.24, 2.45) is 0 Å². The van der Waals surface area contributed by atoms with Crippen LogP contribution in [0.2, 0.25) is 10.6 Å². The summed E-state index contributed by atoms with van der Waals surface area (Å²) in [4.78, 5) is 0. The average Bonchev–Trinajstić information content (AvgIpc) is 2.48. The first-order valence-electron chi connectivity index (χ1n) is 6.38. The third-order valence-corrected chi connectivity index (χ3v) is 6.58. The van der Waals surface area contributed by atoms with Crippen LogP contribution < -0.4 is 8.92 Å². The molecule has 2 aromatic carbocycles. The van der Waals surface area contributed by atoms with Crippen LogP contribution in [0.1, 0.15) is 2.85 Å². The molecule has 0 aromatic heterocycles. The Balaban J connectivity index is 0.00000200. The van der Waals surface area contributed by atoms with E-state index in [1.165, 1.54) is 19.6 Å². The van der Waals surface area contributed by atoms with Crippen LogP contribution in [-0.4, -0.2) is 43.1 Å². The van der Waals surface area contributed by atoms with Crippen molar-refractivity contribution >= 4 is 38.8 Å². The van der Waals surface area contributed by atoms with E-state index in [1.54, 1.807) is 0 Å². The van der Waals surface area contributed by atoms with E-state index < -0.39 is 0 Å². The van der Waals surface area contributed by atoms with Gasteiger partial charge < -0.3 is 0 Å². The van der Waals surface area contributed by atoms with Crippen molar-refractivity contribution in [3.8, 4) is 0 Å². The van der Waals surface area contributed by atoms with E-state index in [-0.39, 0.29) is 2.85 Å². The van der Waals surface area contributed by atoms with Crippen LogP contribution in [0, 0.1) is 0 Å². The minimum absolute atomic E-state index is 0. The Morgan fingerprint density at radius 1 is 0.684 bits per heavy atom. The molecule has 0 amide bonds. The molecule has 0 aliphatic carbocycles. The summed E-state index contributed by atoms with van der Waals surface area (Å²) in [6, 6.07) is 21.4. The van der Waals surface area contributed by atoms with Gasteiger partial charge in [-0.2, -0.15) is 0 Å². The topological polar surface area (TPSA) is 9.23 Å². The summed E-state index contributed by atoms with van der Waals surface area (Å²) in [5.41, 5.74) is 0. The van der Waals surface area contributed by atoms with Gasteiger partial charge in [0.2, 0.25) is 0 Å². The van der Waals surface area contributed by atoms with E-state index in [0.717, 1.165) is 13.2 Å². The molecule has 19 heavy (non-hydrogen) atoms. The molecule has 0 bridgehead atoms. The maximum absolute atomic E-state index is 5.71. The first kappa shape index (κ1) is 14.8. The molecule has 0 fully saturated rings. The standard InChI is InChI=1S/C16H18OSe2/c1-3-7-15(8-4-1)18-13-11-17-12-14-19-16-9-5-2-6-10-16/h1-10H,11-14H2/p+2. The summed E-state index contributed by atoms with van der Waals surface area (Å²) in [5, 5.41) is 2.35. The fourth-order valence-corrected chi connectivity index (χ4v) is 4.87. The van der Waals surface area contributed by atoms with Gasteiger partial charge in [0.05, 0.1) is 0 Å². The van der Waals surface area contributed by atoms with Crippen LogP contribution >= 0.6 is 0 Å². The van der Waals surface area contributed by atoms with Gasteiger partial charge >= 0.3 is 131 Å². The van der Waals surface area contributed by atoms with E-state index in [2.05, 4.69) is 60.7 Å². The molecular weight excluding hydrogens is 366 g/mol. The molecule has 0 aliphatic heterocycles. The van der Waals surface area contributed by atoms with Crippen molar-refractivity contribution in [1.29, 1.82) is 0 Å². The van der Waals surface area contributed by atoms with E-state index >= 15 is 0 Å². The van der Waals surface area contributed by atoms with Gasteiger partial charge in [-0.1, -0.05) is 0 Å². The summed E-state index contributed by atoms with van der Waals surface area (Å²) in [5.74, 6) is 0. The Hall–Kier alpha value is -0.561. The van der Waals surface area contributed by atoms with E-state index in [0.29, 0.717) is 29.9 Å².